The Hall–Kier alpha value is 0.0500. The van der Waals surface area contributed by atoms with Gasteiger partial charge in [0.15, 0.2) is 0 Å². The van der Waals surface area contributed by atoms with Crippen molar-refractivity contribution >= 4 is 12.4 Å². The second-order valence-corrected chi connectivity index (χ2v) is 10.1. The molecule has 0 unspecified atom stereocenters. The van der Waals surface area contributed by atoms with Gasteiger partial charge in [-0.05, 0) is 81.0 Å². The van der Waals surface area contributed by atoms with E-state index in [1.165, 1.54) is 38.5 Å². The fraction of sp³-hybridized carbons (Fsp3) is 1.00. The van der Waals surface area contributed by atoms with Gasteiger partial charge in [-0.2, -0.15) is 0 Å². The lowest BCUT2D eigenvalue weighted by molar-refractivity contribution is -0.133. The number of ether oxygens (including phenoxy) is 2. The Labute approximate surface area is 181 Å². The van der Waals surface area contributed by atoms with E-state index in [2.05, 4.69) is 5.32 Å². The number of rotatable bonds is 10. The highest BCUT2D eigenvalue weighted by Gasteiger charge is 2.50. The molecule has 29 heavy (non-hydrogen) atoms. The summed E-state index contributed by atoms with van der Waals surface area (Å²) >= 11 is 0. The Balaban J connectivity index is 0.00000240. The molecule has 0 spiro atoms. The monoisotopic (exact) mass is 433 g/mol. The van der Waals surface area contributed by atoms with Crippen LogP contribution in [0.25, 0.3) is 0 Å². The van der Waals surface area contributed by atoms with Crippen LogP contribution in [-0.2, 0) is 9.47 Å². The van der Waals surface area contributed by atoms with Gasteiger partial charge >= 0.3 is 0 Å². The van der Waals surface area contributed by atoms with E-state index in [1.54, 1.807) is 0 Å². The van der Waals surface area contributed by atoms with Crippen LogP contribution in [0.5, 0.6) is 0 Å². The minimum atomic E-state index is -0.877. The number of aliphatic hydroxyl groups is 3. The van der Waals surface area contributed by atoms with Crippen molar-refractivity contribution in [1.82, 2.24) is 5.32 Å². The van der Waals surface area contributed by atoms with Gasteiger partial charge in [0.05, 0.1) is 25.4 Å². The molecule has 6 nitrogen and oxygen atoms in total. The van der Waals surface area contributed by atoms with Crippen molar-refractivity contribution in [2.24, 2.45) is 23.2 Å². The van der Waals surface area contributed by atoms with Gasteiger partial charge in [0, 0.05) is 19.8 Å². The lowest BCUT2D eigenvalue weighted by Gasteiger charge is -2.56. The SMILES string of the molecule is Cl.OC[C@H]1NC[C@H](O)[C@@H](OCCCCCOCC23CC4CC(CC(C4)C2)C3)[C@@H]1O. The number of unbranched alkanes of at least 4 members (excludes halogenated alkanes) is 2. The third-order valence-corrected chi connectivity index (χ3v) is 7.73. The highest BCUT2D eigenvalue weighted by atomic mass is 35.5. The van der Waals surface area contributed by atoms with Gasteiger partial charge in [0.1, 0.15) is 12.2 Å². The van der Waals surface area contributed by atoms with E-state index in [9.17, 15) is 15.3 Å². The molecule has 0 amide bonds. The normalized spacial score (nSPS) is 43.3. The van der Waals surface area contributed by atoms with Crippen LogP contribution in [0.2, 0.25) is 0 Å². The van der Waals surface area contributed by atoms with E-state index >= 15 is 0 Å². The first-order valence-corrected chi connectivity index (χ1v) is 11.5. The van der Waals surface area contributed by atoms with E-state index in [1.807, 2.05) is 0 Å². The van der Waals surface area contributed by atoms with Crippen LogP contribution in [0, 0.1) is 23.2 Å². The predicted octanol–water partition coefficient (Wildman–Crippen LogP) is 1.88. The van der Waals surface area contributed by atoms with Gasteiger partial charge in [-0.15, -0.1) is 12.4 Å². The van der Waals surface area contributed by atoms with Crippen LogP contribution in [-0.4, -0.2) is 72.6 Å². The molecule has 1 saturated heterocycles. The van der Waals surface area contributed by atoms with Gasteiger partial charge in [-0.3, -0.25) is 0 Å². The second-order valence-electron chi connectivity index (χ2n) is 10.1. The first-order chi connectivity index (χ1) is 13.6. The summed E-state index contributed by atoms with van der Waals surface area (Å²) in [5, 5.41) is 32.3. The largest absolute Gasteiger partial charge is 0.395 e. The van der Waals surface area contributed by atoms with E-state index in [0.717, 1.165) is 50.2 Å². The zero-order valence-electron chi connectivity index (χ0n) is 17.5. The highest BCUT2D eigenvalue weighted by Crippen LogP contribution is 2.60. The summed E-state index contributed by atoms with van der Waals surface area (Å²) < 4.78 is 11.8. The molecule has 0 aromatic heterocycles. The third-order valence-electron chi connectivity index (χ3n) is 7.73. The van der Waals surface area contributed by atoms with E-state index < -0.39 is 24.4 Å². The van der Waals surface area contributed by atoms with E-state index in [0.29, 0.717) is 18.6 Å². The molecule has 4 saturated carbocycles. The summed E-state index contributed by atoms with van der Waals surface area (Å²) in [6.07, 6.45) is 9.40. The van der Waals surface area contributed by atoms with Crippen molar-refractivity contribution in [2.45, 2.75) is 82.1 Å². The molecule has 5 fully saturated rings. The number of hydrogen-bond donors (Lipinski definition) is 4. The molecule has 4 bridgehead atoms. The van der Waals surface area contributed by atoms with E-state index in [-0.39, 0.29) is 19.0 Å². The van der Waals surface area contributed by atoms with Crippen LogP contribution >= 0.6 is 12.4 Å². The smallest absolute Gasteiger partial charge is 0.112 e. The quantitative estimate of drug-likeness (QED) is 0.393. The number of hydrogen-bond acceptors (Lipinski definition) is 6. The highest BCUT2D eigenvalue weighted by molar-refractivity contribution is 5.85. The van der Waals surface area contributed by atoms with Crippen molar-refractivity contribution in [3.05, 3.63) is 0 Å². The number of β-amino-alcohol motifs (C(OH)–C–C–N with tert-alkyl or cyclic N) is 1. The predicted molar refractivity (Wildman–Crippen MR) is 113 cm³/mol. The van der Waals surface area contributed by atoms with Crippen molar-refractivity contribution in [3.8, 4) is 0 Å². The van der Waals surface area contributed by atoms with Crippen molar-refractivity contribution in [3.63, 3.8) is 0 Å². The molecule has 7 heteroatoms. The summed E-state index contributed by atoms with van der Waals surface area (Å²) in [4.78, 5) is 0. The molecule has 4 N–H and O–H groups in total. The molecule has 5 rings (SSSR count). The fourth-order valence-corrected chi connectivity index (χ4v) is 6.81. The van der Waals surface area contributed by atoms with Crippen molar-refractivity contribution in [2.75, 3.05) is 33.0 Å². The molecule has 0 aromatic carbocycles. The Kier molecular flexibility index (Phi) is 8.65. The Morgan fingerprint density at radius 3 is 2.14 bits per heavy atom. The standard InChI is InChI=1S/C22H39NO5.ClH/c24-13-18-20(26)21(19(25)12-23-18)28-5-3-1-2-4-27-14-22-9-15-6-16(10-22)8-17(7-15)11-22;/h15-21,23-26H,1-14H2;1H/t15?,16?,17?,18-,19+,20-,21-,22?;/m1./s1. The van der Waals surface area contributed by atoms with Gasteiger partial charge < -0.3 is 30.1 Å². The summed E-state index contributed by atoms with van der Waals surface area (Å²) in [5.74, 6) is 2.95. The zero-order chi connectivity index (χ0) is 19.6. The average molecular weight is 434 g/mol. The maximum absolute atomic E-state index is 10.2. The maximum atomic E-state index is 10.2. The fourth-order valence-electron chi connectivity index (χ4n) is 6.81. The molecule has 170 valence electrons. The van der Waals surface area contributed by atoms with Gasteiger partial charge in [-0.1, -0.05) is 0 Å². The Morgan fingerprint density at radius 1 is 0.897 bits per heavy atom. The third kappa shape index (κ3) is 5.65. The van der Waals surface area contributed by atoms with Crippen LogP contribution < -0.4 is 5.32 Å². The van der Waals surface area contributed by atoms with Gasteiger partial charge in [-0.25, -0.2) is 0 Å². The molecular formula is C22H40ClNO5. The summed E-state index contributed by atoms with van der Waals surface area (Å²) in [5.41, 5.74) is 0.502. The molecule has 1 heterocycles. The second kappa shape index (κ2) is 10.6. The minimum Gasteiger partial charge on any atom is -0.395 e. The number of nitrogens with one attached hydrogen (secondary N) is 1. The van der Waals surface area contributed by atoms with Gasteiger partial charge in [0.2, 0.25) is 0 Å². The lowest BCUT2D eigenvalue weighted by atomic mass is 9.50. The van der Waals surface area contributed by atoms with Crippen molar-refractivity contribution in [1.29, 1.82) is 0 Å². The summed E-state index contributed by atoms with van der Waals surface area (Å²) in [6.45, 7) is 2.49. The van der Waals surface area contributed by atoms with Crippen LogP contribution in [0.15, 0.2) is 0 Å². The molecule has 0 aromatic rings. The Morgan fingerprint density at radius 2 is 1.52 bits per heavy atom. The van der Waals surface area contributed by atoms with Crippen molar-refractivity contribution < 1.29 is 24.8 Å². The van der Waals surface area contributed by atoms with Gasteiger partial charge in [0.25, 0.3) is 0 Å². The van der Waals surface area contributed by atoms with Crippen LogP contribution in [0.1, 0.15) is 57.8 Å². The minimum absolute atomic E-state index is 0. The number of aliphatic hydroxyl groups excluding tert-OH is 3. The lowest BCUT2D eigenvalue weighted by Crippen LogP contribution is -2.61. The number of piperidine rings is 1. The first kappa shape index (κ1) is 23.7. The molecule has 4 aliphatic carbocycles. The summed E-state index contributed by atoms with van der Waals surface area (Å²) in [7, 11) is 0. The van der Waals surface area contributed by atoms with Crippen LogP contribution in [0.4, 0.5) is 0 Å². The topological polar surface area (TPSA) is 91.2 Å². The average Bonchev–Trinajstić information content (AvgIpc) is 2.65. The zero-order valence-corrected chi connectivity index (χ0v) is 18.3. The molecule has 5 aliphatic rings. The van der Waals surface area contributed by atoms with E-state index in [4.69, 9.17) is 9.47 Å². The Bertz CT molecular complexity index is 472. The maximum Gasteiger partial charge on any atom is 0.112 e. The molecular weight excluding hydrogens is 394 g/mol. The number of halogens is 1. The molecule has 1 aliphatic heterocycles. The first-order valence-electron chi connectivity index (χ1n) is 11.5. The summed E-state index contributed by atoms with van der Waals surface area (Å²) in [6, 6.07) is -0.425. The van der Waals surface area contributed by atoms with Crippen LogP contribution in [0.3, 0.4) is 0 Å². The molecule has 0 radical (unpaired) electrons. The molecule has 4 atom stereocenters.